The normalized spacial score (nSPS) is 12.4. The Kier molecular flexibility index (Phi) is 7.10. The molecule has 1 amide bonds. The third-order valence-electron chi connectivity index (χ3n) is 4.14. The van der Waals surface area contributed by atoms with Crippen LogP contribution in [-0.2, 0) is 17.4 Å². The van der Waals surface area contributed by atoms with Gasteiger partial charge in [0.15, 0.2) is 0 Å². The molecule has 7 heteroatoms. The Hall–Kier alpha value is -2.70. The van der Waals surface area contributed by atoms with E-state index in [1.807, 2.05) is 18.2 Å². The fourth-order valence-corrected chi connectivity index (χ4v) is 2.58. The fourth-order valence-electron chi connectivity index (χ4n) is 2.58. The molecule has 3 N–H and O–H groups in total. The summed E-state index contributed by atoms with van der Waals surface area (Å²) >= 11 is 0. The zero-order valence-corrected chi connectivity index (χ0v) is 15.1. The predicted molar refractivity (Wildman–Crippen MR) is 98.3 cm³/mol. The van der Waals surface area contributed by atoms with Gasteiger partial charge in [0.05, 0.1) is 12.1 Å². The van der Waals surface area contributed by atoms with Crippen LogP contribution in [0.4, 0.5) is 18.9 Å². The third kappa shape index (κ3) is 6.20. The number of hydrogen-bond acceptors (Lipinski definition) is 3. The Morgan fingerprint density at radius 1 is 1.15 bits per heavy atom. The Labute approximate surface area is 156 Å². The molecular formula is C20H23F3N2O2. The van der Waals surface area contributed by atoms with Crippen LogP contribution in [0.3, 0.4) is 0 Å². The summed E-state index contributed by atoms with van der Waals surface area (Å²) in [5.74, 6) is -0.437. The van der Waals surface area contributed by atoms with Gasteiger partial charge in [0.2, 0.25) is 5.91 Å². The smallest absolute Gasteiger partial charge is 0.419 e. The van der Waals surface area contributed by atoms with Gasteiger partial charge in [-0.15, -0.1) is 0 Å². The van der Waals surface area contributed by atoms with E-state index in [1.165, 1.54) is 18.2 Å². The van der Waals surface area contributed by atoms with Gasteiger partial charge in [-0.2, -0.15) is 13.2 Å². The van der Waals surface area contributed by atoms with Gasteiger partial charge in [0.1, 0.15) is 11.9 Å². The minimum atomic E-state index is -4.49. The predicted octanol–water partition coefficient (Wildman–Crippen LogP) is 4.19. The van der Waals surface area contributed by atoms with E-state index >= 15 is 0 Å². The van der Waals surface area contributed by atoms with Crippen molar-refractivity contribution in [1.82, 2.24) is 5.32 Å². The molecule has 0 heterocycles. The van der Waals surface area contributed by atoms with Crippen molar-refractivity contribution in [2.45, 2.75) is 38.5 Å². The van der Waals surface area contributed by atoms with Gasteiger partial charge in [-0.1, -0.05) is 37.3 Å². The van der Waals surface area contributed by atoms with Crippen LogP contribution >= 0.6 is 0 Å². The number of carbonyl (C=O) groups excluding carboxylic acids is 1. The molecule has 0 aliphatic rings. The van der Waals surface area contributed by atoms with Crippen molar-refractivity contribution in [3.05, 3.63) is 59.7 Å². The van der Waals surface area contributed by atoms with Crippen LogP contribution in [0, 0.1) is 0 Å². The number of nitrogen functional groups attached to an aromatic ring is 1. The Morgan fingerprint density at radius 3 is 2.48 bits per heavy atom. The Bertz CT molecular complexity index is 763. The van der Waals surface area contributed by atoms with Crippen LogP contribution in [0.5, 0.6) is 5.75 Å². The number of anilines is 1. The van der Waals surface area contributed by atoms with E-state index in [2.05, 4.69) is 5.32 Å². The zero-order valence-electron chi connectivity index (χ0n) is 15.1. The van der Waals surface area contributed by atoms with Crippen molar-refractivity contribution in [1.29, 1.82) is 0 Å². The first-order chi connectivity index (χ1) is 12.8. The summed E-state index contributed by atoms with van der Waals surface area (Å²) < 4.78 is 44.7. The van der Waals surface area contributed by atoms with Gasteiger partial charge in [-0.25, -0.2) is 0 Å². The highest BCUT2D eigenvalue weighted by Gasteiger charge is 2.34. The maximum atomic E-state index is 13.1. The quantitative estimate of drug-likeness (QED) is 0.675. The molecule has 0 bridgehead atoms. The molecule has 0 saturated heterocycles. The van der Waals surface area contributed by atoms with E-state index < -0.39 is 17.8 Å². The van der Waals surface area contributed by atoms with Gasteiger partial charge in [0, 0.05) is 12.1 Å². The monoisotopic (exact) mass is 380 g/mol. The molecule has 0 radical (unpaired) electrons. The maximum Gasteiger partial charge on any atom is 0.419 e. The number of ether oxygens (including phenoxy) is 1. The van der Waals surface area contributed by atoms with E-state index in [-0.39, 0.29) is 24.6 Å². The van der Waals surface area contributed by atoms with Gasteiger partial charge in [0.25, 0.3) is 0 Å². The molecule has 0 saturated carbocycles. The average Bonchev–Trinajstić information content (AvgIpc) is 2.64. The van der Waals surface area contributed by atoms with Crippen LogP contribution in [0.2, 0.25) is 0 Å². The molecule has 1 unspecified atom stereocenters. The minimum absolute atomic E-state index is 0.131. The Morgan fingerprint density at radius 2 is 1.81 bits per heavy atom. The maximum absolute atomic E-state index is 13.1. The number of hydrogen-bond donors (Lipinski definition) is 2. The first-order valence-electron chi connectivity index (χ1n) is 8.74. The number of amides is 1. The van der Waals surface area contributed by atoms with Gasteiger partial charge < -0.3 is 15.8 Å². The summed E-state index contributed by atoms with van der Waals surface area (Å²) in [6.07, 6.45) is -3.86. The summed E-state index contributed by atoms with van der Waals surface area (Å²) in [5, 5.41) is 2.72. The molecule has 4 nitrogen and oxygen atoms in total. The molecule has 2 rings (SSSR count). The van der Waals surface area contributed by atoms with Crippen molar-refractivity contribution in [3.8, 4) is 5.75 Å². The lowest BCUT2D eigenvalue weighted by Gasteiger charge is -2.21. The van der Waals surface area contributed by atoms with E-state index in [0.29, 0.717) is 18.5 Å². The highest BCUT2D eigenvalue weighted by atomic mass is 19.4. The topological polar surface area (TPSA) is 64.4 Å². The second kappa shape index (κ2) is 9.30. The van der Waals surface area contributed by atoms with Crippen LogP contribution in [0.25, 0.3) is 0 Å². The van der Waals surface area contributed by atoms with E-state index in [9.17, 15) is 18.0 Å². The highest BCUT2D eigenvalue weighted by molar-refractivity contribution is 5.76. The number of para-hydroxylation sites is 2. The third-order valence-corrected chi connectivity index (χ3v) is 4.14. The van der Waals surface area contributed by atoms with Crippen LogP contribution in [0.1, 0.15) is 30.9 Å². The summed E-state index contributed by atoms with van der Waals surface area (Å²) in [7, 11) is 0. The highest BCUT2D eigenvalue weighted by Crippen LogP contribution is 2.36. The number of aryl methyl sites for hydroxylation is 1. The zero-order chi connectivity index (χ0) is 19.9. The average molecular weight is 380 g/mol. The molecule has 0 aliphatic carbocycles. The molecule has 0 fully saturated rings. The molecule has 0 spiro atoms. The molecule has 27 heavy (non-hydrogen) atoms. The van der Waals surface area contributed by atoms with E-state index in [4.69, 9.17) is 10.5 Å². The minimum Gasteiger partial charge on any atom is -0.488 e. The molecular weight excluding hydrogens is 357 g/mol. The lowest BCUT2D eigenvalue weighted by atomic mass is 10.1. The van der Waals surface area contributed by atoms with Crippen molar-refractivity contribution in [2.75, 3.05) is 12.3 Å². The molecule has 0 aromatic heterocycles. The summed E-state index contributed by atoms with van der Waals surface area (Å²) in [4.78, 5) is 12.0. The lowest BCUT2D eigenvalue weighted by molar-refractivity contribution is -0.139. The first kappa shape index (κ1) is 20.6. The van der Waals surface area contributed by atoms with Crippen molar-refractivity contribution in [3.63, 3.8) is 0 Å². The van der Waals surface area contributed by atoms with Gasteiger partial charge in [-0.3, -0.25) is 4.79 Å². The molecule has 2 aromatic carbocycles. The van der Waals surface area contributed by atoms with Crippen LogP contribution in [-0.4, -0.2) is 18.6 Å². The lowest BCUT2D eigenvalue weighted by Crippen LogP contribution is -2.35. The van der Waals surface area contributed by atoms with Crippen LogP contribution in [0.15, 0.2) is 48.5 Å². The number of halogens is 3. The number of alkyl halides is 3. The first-order valence-corrected chi connectivity index (χ1v) is 8.74. The second-order valence-corrected chi connectivity index (χ2v) is 6.14. The summed E-state index contributed by atoms with van der Waals surface area (Å²) in [5.41, 5.74) is 6.53. The number of nitrogens with two attached hydrogens (primary N) is 1. The fraction of sp³-hybridized carbons (Fsp3) is 0.350. The van der Waals surface area contributed by atoms with Gasteiger partial charge >= 0.3 is 6.18 Å². The number of carbonyl (C=O) groups is 1. The van der Waals surface area contributed by atoms with Crippen molar-refractivity contribution >= 4 is 11.6 Å². The molecule has 146 valence electrons. The standard InChI is InChI=1S/C20H23F3N2O2/c1-2-15(27-18-10-6-4-8-16(18)20(21,22)23)13-25-19(26)12-11-14-7-3-5-9-17(14)24/h3-10,15H,2,11-13,24H2,1H3,(H,25,26). The second-order valence-electron chi connectivity index (χ2n) is 6.14. The SMILES string of the molecule is CCC(CNC(=O)CCc1ccccc1N)Oc1ccccc1C(F)(F)F. The Balaban J connectivity index is 1.89. The largest absolute Gasteiger partial charge is 0.488 e. The van der Waals surface area contributed by atoms with Crippen molar-refractivity contribution in [2.24, 2.45) is 0 Å². The van der Waals surface area contributed by atoms with Crippen LogP contribution < -0.4 is 15.8 Å². The van der Waals surface area contributed by atoms with Crippen molar-refractivity contribution < 1.29 is 22.7 Å². The summed E-state index contributed by atoms with van der Waals surface area (Å²) in [6.45, 7) is 1.92. The van der Waals surface area contributed by atoms with E-state index in [0.717, 1.165) is 11.6 Å². The summed E-state index contributed by atoms with van der Waals surface area (Å²) in [6, 6.07) is 12.4. The number of nitrogens with one attached hydrogen (secondary N) is 1. The van der Waals surface area contributed by atoms with Gasteiger partial charge in [-0.05, 0) is 36.6 Å². The number of rotatable bonds is 8. The number of benzene rings is 2. The van der Waals surface area contributed by atoms with E-state index in [1.54, 1.807) is 13.0 Å². The molecule has 0 aliphatic heterocycles. The molecule has 1 atom stereocenters. The molecule has 2 aromatic rings.